The predicted octanol–water partition coefficient (Wildman–Crippen LogP) is 2.79. The Morgan fingerprint density at radius 2 is 1.57 bits per heavy atom. The number of carbonyl (C=O) groups excluding carboxylic acids is 1. The number of hydrogen-bond donors (Lipinski definition) is 1. The van der Waals surface area contributed by atoms with Gasteiger partial charge in [-0.2, -0.15) is 4.98 Å². The van der Waals surface area contributed by atoms with Crippen LogP contribution in [0.4, 0.5) is 16.0 Å². The lowest BCUT2D eigenvalue weighted by molar-refractivity contribution is 0.100. The number of benzene rings is 2. The lowest BCUT2D eigenvalue weighted by atomic mass is 10.2. The zero-order chi connectivity index (χ0) is 24.3. The molecule has 4 aromatic rings. The number of aryl methyl sites for hydroxylation is 1. The number of rotatable bonds is 4. The van der Waals surface area contributed by atoms with E-state index >= 15 is 0 Å². The minimum absolute atomic E-state index is 0.223. The van der Waals surface area contributed by atoms with Gasteiger partial charge >= 0.3 is 0 Å². The van der Waals surface area contributed by atoms with Crippen molar-refractivity contribution in [3.8, 4) is 5.69 Å². The normalized spacial score (nSPS) is 19.0. The number of primary amides is 1. The maximum Gasteiger partial charge on any atom is 0.256 e. The Morgan fingerprint density at radius 1 is 0.914 bits per heavy atom. The SMILES string of the molecule is Cc1nc(N2CC3CC2CN3c2ccc(F)cc2)nc2c1ccc(=O)n2-c1ccc(C(N)=O)cc1. The Hall–Kier alpha value is -4.27. The molecule has 2 aliphatic rings. The van der Waals surface area contributed by atoms with Crippen molar-refractivity contribution in [2.24, 2.45) is 5.73 Å². The molecule has 35 heavy (non-hydrogen) atoms. The van der Waals surface area contributed by atoms with Crippen LogP contribution >= 0.6 is 0 Å². The van der Waals surface area contributed by atoms with Gasteiger partial charge in [0.05, 0.1) is 17.4 Å². The molecule has 1 amide bonds. The number of nitrogens with two attached hydrogens (primary N) is 1. The van der Waals surface area contributed by atoms with Crippen molar-refractivity contribution < 1.29 is 9.18 Å². The van der Waals surface area contributed by atoms with E-state index in [4.69, 9.17) is 15.7 Å². The highest BCUT2D eigenvalue weighted by Gasteiger charge is 2.44. The average molecular weight is 471 g/mol. The van der Waals surface area contributed by atoms with Crippen molar-refractivity contribution in [2.45, 2.75) is 25.4 Å². The number of nitrogens with zero attached hydrogens (tertiary/aromatic N) is 5. The first-order valence-corrected chi connectivity index (χ1v) is 11.5. The second-order valence-electron chi connectivity index (χ2n) is 9.09. The molecule has 2 fully saturated rings. The summed E-state index contributed by atoms with van der Waals surface area (Å²) in [5.41, 5.74) is 8.42. The van der Waals surface area contributed by atoms with Crippen LogP contribution in [0.25, 0.3) is 16.7 Å². The number of piperazine rings is 1. The maximum absolute atomic E-state index is 13.4. The first-order valence-electron chi connectivity index (χ1n) is 11.5. The number of amides is 1. The Morgan fingerprint density at radius 3 is 2.23 bits per heavy atom. The second kappa shape index (κ2) is 7.90. The van der Waals surface area contributed by atoms with Gasteiger partial charge in [-0.25, -0.2) is 9.37 Å². The lowest BCUT2D eigenvalue weighted by Gasteiger charge is -2.35. The summed E-state index contributed by atoms with van der Waals surface area (Å²) >= 11 is 0. The van der Waals surface area contributed by atoms with Crippen LogP contribution in [-0.4, -0.2) is 45.6 Å². The maximum atomic E-state index is 13.4. The van der Waals surface area contributed by atoms with E-state index in [2.05, 4.69) is 9.80 Å². The van der Waals surface area contributed by atoms with Gasteiger partial charge in [-0.3, -0.25) is 14.2 Å². The fraction of sp³-hybridized carbons (Fsp3) is 0.231. The molecule has 9 heteroatoms. The van der Waals surface area contributed by atoms with Crippen LogP contribution in [0.5, 0.6) is 0 Å². The molecule has 2 bridgehead atoms. The minimum Gasteiger partial charge on any atom is -0.366 e. The van der Waals surface area contributed by atoms with E-state index in [1.54, 1.807) is 30.3 Å². The van der Waals surface area contributed by atoms with Crippen molar-refractivity contribution in [1.29, 1.82) is 0 Å². The Kier molecular flexibility index (Phi) is 4.80. The Balaban J connectivity index is 1.37. The summed E-state index contributed by atoms with van der Waals surface area (Å²) in [5.74, 6) is -0.175. The molecular weight excluding hydrogens is 447 g/mol. The predicted molar refractivity (Wildman–Crippen MR) is 132 cm³/mol. The molecule has 8 nitrogen and oxygen atoms in total. The molecule has 2 aliphatic heterocycles. The zero-order valence-corrected chi connectivity index (χ0v) is 19.1. The number of fused-ring (bicyclic) bond motifs is 3. The molecule has 0 radical (unpaired) electrons. The van der Waals surface area contributed by atoms with Gasteiger partial charge < -0.3 is 15.5 Å². The lowest BCUT2D eigenvalue weighted by Crippen LogP contribution is -2.47. The fourth-order valence-electron chi connectivity index (χ4n) is 5.26. The van der Waals surface area contributed by atoms with Gasteiger partial charge in [-0.15, -0.1) is 0 Å². The monoisotopic (exact) mass is 470 g/mol. The highest BCUT2D eigenvalue weighted by Crippen LogP contribution is 2.37. The van der Waals surface area contributed by atoms with Crippen LogP contribution in [0.1, 0.15) is 22.5 Å². The van der Waals surface area contributed by atoms with E-state index in [1.165, 1.54) is 22.8 Å². The molecule has 0 saturated carbocycles. The highest BCUT2D eigenvalue weighted by atomic mass is 19.1. The quantitative estimate of drug-likeness (QED) is 0.493. The van der Waals surface area contributed by atoms with E-state index in [9.17, 15) is 14.0 Å². The van der Waals surface area contributed by atoms with Crippen LogP contribution in [0, 0.1) is 12.7 Å². The minimum atomic E-state index is -0.527. The fourth-order valence-corrected chi connectivity index (χ4v) is 5.26. The number of hydrogen-bond acceptors (Lipinski definition) is 6. The molecule has 0 spiro atoms. The van der Waals surface area contributed by atoms with Gasteiger partial charge in [0.1, 0.15) is 5.82 Å². The number of pyridine rings is 1. The molecule has 2 atom stereocenters. The summed E-state index contributed by atoms with van der Waals surface area (Å²) in [6.07, 6.45) is 0.966. The molecule has 2 unspecified atom stereocenters. The van der Waals surface area contributed by atoms with Crippen LogP contribution in [0.15, 0.2) is 65.5 Å². The van der Waals surface area contributed by atoms with Gasteiger partial charge in [0.2, 0.25) is 11.9 Å². The second-order valence-corrected chi connectivity index (χ2v) is 9.09. The van der Waals surface area contributed by atoms with Gasteiger partial charge in [0.25, 0.3) is 5.56 Å². The Labute approximate surface area is 200 Å². The summed E-state index contributed by atoms with van der Waals surface area (Å²) in [6.45, 7) is 3.46. The van der Waals surface area contributed by atoms with E-state index in [0.29, 0.717) is 22.8 Å². The molecule has 2 N–H and O–H groups in total. The molecule has 176 valence electrons. The largest absolute Gasteiger partial charge is 0.366 e. The highest BCUT2D eigenvalue weighted by molar-refractivity contribution is 5.93. The smallest absolute Gasteiger partial charge is 0.256 e. The van der Waals surface area contributed by atoms with E-state index in [0.717, 1.165) is 36.3 Å². The average Bonchev–Trinajstić information content (AvgIpc) is 3.46. The molecule has 6 rings (SSSR count). The van der Waals surface area contributed by atoms with Gasteiger partial charge in [0.15, 0.2) is 5.65 Å². The summed E-state index contributed by atoms with van der Waals surface area (Å²) in [4.78, 5) is 38.5. The van der Waals surface area contributed by atoms with Gasteiger partial charge in [-0.05, 0) is 67.9 Å². The molecule has 2 aromatic heterocycles. The number of carbonyl (C=O) groups is 1. The van der Waals surface area contributed by atoms with E-state index in [1.807, 2.05) is 19.1 Å². The standard InChI is InChI=1S/C26H23FN6O2/c1-15-22-10-11-23(34)33(19-6-2-16(3-7-19)24(28)35)25(22)30-26(29-15)32-14-20-12-21(32)13-31(20)18-8-4-17(27)5-9-18/h2-11,20-21H,12-14H2,1H3,(H2,28,35). The molecule has 2 aromatic carbocycles. The van der Waals surface area contributed by atoms with Gasteiger partial charge in [-0.1, -0.05) is 0 Å². The van der Waals surface area contributed by atoms with Crippen LogP contribution < -0.4 is 21.1 Å². The van der Waals surface area contributed by atoms with E-state index in [-0.39, 0.29) is 23.5 Å². The third-order valence-corrected chi connectivity index (χ3v) is 6.99. The Bertz CT molecular complexity index is 1520. The van der Waals surface area contributed by atoms with Crippen LogP contribution in [0.2, 0.25) is 0 Å². The number of halogens is 1. The van der Waals surface area contributed by atoms with Crippen molar-refractivity contribution in [3.63, 3.8) is 0 Å². The topological polar surface area (TPSA) is 97.3 Å². The molecule has 2 saturated heterocycles. The van der Waals surface area contributed by atoms with Gasteiger partial charge in [0, 0.05) is 41.8 Å². The summed E-state index contributed by atoms with van der Waals surface area (Å²) < 4.78 is 14.9. The third kappa shape index (κ3) is 3.51. The summed E-state index contributed by atoms with van der Waals surface area (Å²) in [6, 6.07) is 16.9. The van der Waals surface area contributed by atoms with E-state index < -0.39 is 5.91 Å². The van der Waals surface area contributed by atoms with Crippen molar-refractivity contribution in [3.05, 3.63) is 88.1 Å². The summed E-state index contributed by atoms with van der Waals surface area (Å²) in [7, 11) is 0. The summed E-state index contributed by atoms with van der Waals surface area (Å²) in [5, 5.41) is 0.782. The van der Waals surface area contributed by atoms with Crippen molar-refractivity contribution in [1.82, 2.24) is 14.5 Å². The molecule has 4 heterocycles. The number of anilines is 2. The zero-order valence-electron chi connectivity index (χ0n) is 19.1. The van der Waals surface area contributed by atoms with Crippen LogP contribution in [0.3, 0.4) is 0 Å². The number of aromatic nitrogens is 3. The van der Waals surface area contributed by atoms with Crippen molar-refractivity contribution >= 4 is 28.6 Å². The third-order valence-electron chi connectivity index (χ3n) is 6.99. The molecule has 0 aliphatic carbocycles. The van der Waals surface area contributed by atoms with Crippen LogP contribution in [-0.2, 0) is 0 Å². The van der Waals surface area contributed by atoms with Crippen molar-refractivity contribution in [2.75, 3.05) is 22.9 Å². The first kappa shape index (κ1) is 21.3. The first-order chi connectivity index (χ1) is 16.9. The molecular formula is C26H23FN6O2.